The number of nitrogens with one attached hydrogen (secondary N) is 2. The average molecular weight is 646 g/mol. The molecule has 0 aromatic heterocycles. The maximum atomic E-state index is 14.1. The molecule has 0 bridgehead atoms. The van der Waals surface area contributed by atoms with E-state index in [-0.39, 0.29) is 29.9 Å². The van der Waals surface area contributed by atoms with Crippen molar-refractivity contribution in [1.82, 2.24) is 15.5 Å². The highest BCUT2D eigenvalue weighted by atomic mass is 32.2. The molecule has 246 valence electrons. The zero-order valence-corrected chi connectivity index (χ0v) is 26.7. The molecule has 2 aliphatic heterocycles. The van der Waals surface area contributed by atoms with E-state index < -0.39 is 57.7 Å². The van der Waals surface area contributed by atoms with E-state index in [0.29, 0.717) is 19.3 Å². The molecular weight excluding hydrogens is 602 g/mol. The first-order valence-corrected chi connectivity index (χ1v) is 17.3. The van der Waals surface area contributed by atoms with Gasteiger partial charge in [-0.25, -0.2) is 9.59 Å². The summed E-state index contributed by atoms with van der Waals surface area (Å²) >= 11 is 0. The number of alkyl carbamates (subject to hydrolysis) is 1. The van der Waals surface area contributed by atoms with E-state index in [1.807, 2.05) is 19.1 Å². The van der Waals surface area contributed by atoms with Crippen LogP contribution >= 0.6 is 0 Å². The molecule has 2 aliphatic carbocycles. The average Bonchev–Trinajstić information content (AvgIpc) is 3.29. The van der Waals surface area contributed by atoms with Crippen LogP contribution in [-0.2, 0) is 38.2 Å². The van der Waals surface area contributed by atoms with Gasteiger partial charge in [0.2, 0.25) is 11.8 Å². The minimum absolute atomic E-state index is 0.0419. The van der Waals surface area contributed by atoms with Crippen molar-refractivity contribution in [3.05, 3.63) is 42.0 Å². The molecule has 1 aromatic carbocycles. The van der Waals surface area contributed by atoms with E-state index in [0.717, 1.165) is 50.5 Å². The zero-order chi connectivity index (χ0) is 32.2. The first-order valence-electron chi connectivity index (χ1n) is 15.9. The van der Waals surface area contributed by atoms with Gasteiger partial charge in [0, 0.05) is 18.9 Å². The molecule has 4 aliphatic rings. The number of benzene rings is 1. The van der Waals surface area contributed by atoms with Crippen LogP contribution in [-0.4, -0.2) is 80.7 Å². The Bertz CT molecular complexity index is 1410. The fourth-order valence-corrected chi connectivity index (χ4v) is 7.65. The lowest BCUT2D eigenvalue weighted by molar-refractivity contribution is -0.148. The lowest BCUT2D eigenvalue weighted by atomic mass is 10.0. The predicted octanol–water partition coefficient (Wildman–Crippen LogP) is 3.28. The largest absolute Gasteiger partial charge is 0.467 e. The second-order valence-electron chi connectivity index (χ2n) is 12.6. The molecule has 45 heavy (non-hydrogen) atoms. The molecular formula is C32H43N3O9S. The van der Waals surface area contributed by atoms with Crippen molar-refractivity contribution in [3.8, 4) is 0 Å². The summed E-state index contributed by atoms with van der Waals surface area (Å²) in [6, 6.07) is 4.04. The standard InChI is InChI=1S/C32H43N3O9S/c1-21-14-16-25(17-15-21)45(40,41)44-24-18-27-28(36)34-32(30(38)42-2)19-22(32)10-6-4-3-5-7-13-26(29(37)35(27)20-24)33-31(39)43-23-11-8-9-12-23/h6,10,14-17,22-24,26-27H,3-5,7-9,11-13,18-20H2,1-2H3,(H,33,39)(H,34,36)/b10-6-/t22-,24+,26+,27+,32-/m1/s1. The minimum atomic E-state index is -4.22. The van der Waals surface area contributed by atoms with Gasteiger partial charge in [-0.1, -0.05) is 42.7 Å². The van der Waals surface area contributed by atoms with Gasteiger partial charge in [0.1, 0.15) is 23.7 Å². The Morgan fingerprint density at radius 3 is 2.42 bits per heavy atom. The monoisotopic (exact) mass is 645 g/mol. The van der Waals surface area contributed by atoms with Gasteiger partial charge in [0.25, 0.3) is 10.1 Å². The summed E-state index contributed by atoms with van der Waals surface area (Å²) in [6.45, 7) is 1.63. The number of carbonyl (C=O) groups is 4. The van der Waals surface area contributed by atoms with Gasteiger partial charge >= 0.3 is 12.1 Å². The minimum Gasteiger partial charge on any atom is -0.467 e. The number of rotatable bonds is 6. The van der Waals surface area contributed by atoms with E-state index >= 15 is 0 Å². The van der Waals surface area contributed by atoms with Gasteiger partial charge in [-0.2, -0.15) is 8.42 Å². The number of carbonyl (C=O) groups excluding carboxylic acids is 4. The molecule has 5 atom stereocenters. The van der Waals surface area contributed by atoms with Gasteiger partial charge in [0.15, 0.2) is 0 Å². The molecule has 5 rings (SSSR count). The molecule has 2 heterocycles. The Hall–Kier alpha value is -3.45. The predicted molar refractivity (Wildman–Crippen MR) is 162 cm³/mol. The van der Waals surface area contributed by atoms with Crippen LogP contribution in [0.15, 0.2) is 41.3 Å². The van der Waals surface area contributed by atoms with Crippen molar-refractivity contribution in [3.63, 3.8) is 0 Å². The summed E-state index contributed by atoms with van der Waals surface area (Å²) in [5, 5.41) is 5.56. The summed E-state index contributed by atoms with van der Waals surface area (Å²) in [5.74, 6) is -2.01. The number of amides is 3. The Balaban J connectivity index is 1.41. The van der Waals surface area contributed by atoms with E-state index in [1.165, 1.54) is 24.1 Å². The van der Waals surface area contributed by atoms with Crippen LogP contribution in [0.2, 0.25) is 0 Å². The molecule has 3 amide bonds. The number of fused-ring (bicyclic) bond motifs is 2. The summed E-state index contributed by atoms with van der Waals surface area (Å²) in [4.78, 5) is 55.0. The maximum absolute atomic E-state index is 14.1. The Morgan fingerprint density at radius 2 is 1.71 bits per heavy atom. The summed E-state index contributed by atoms with van der Waals surface area (Å²) in [6.07, 6.45) is 9.02. The number of ether oxygens (including phenoxy) is 2. The lowest BCUT2D eigenvalue weighted by Gasteiger charge is -2.29. The molecule has 0 radical (unpaired) electrons. The highest BCUT2D eigenvalue weighted by Gasteiger charge is 2.62. The zero-order valence-electron chi connectivity index (χ0n) is 25.9. The van der Waals surface area contributed by atoms with Gasteiger partial charge in [-0.3, -0.25) is 13.8 Å². The number of esters is 1. The van der Waals surface area contributed by atoms with Gasteiger partial charge in [-0.15, -0.1) is 0 Å². The fraction of sp³-hybridized carbons (Fsp3) is 0.625. The Labute approximate surface area is 264 Å². The van der Waals surface area contributed by atoms with E-state index in [2.05, 4.69) is 10.6 Å². The van der Waals surface area contributed by atoms with Crippen molar-refractivity contribution in [2.45, 2.75) is 112 Å². The summed E-state index contributed by atoms with van der Waals surface area (Å²) in [5.41, 5.74) is -0.395. The third-order valence-corrected chi connectivity index (χ3v) is 10.6. The van der Waals surface area contributed by atoms with Crippen molar-refractivity contribution >= 4 is 34.0 Å². The van der Waals surface area contributed by atoms with E-state index in [9.17, 15) is 27.6 Å². The topological polar surface area (TPSA) is 157 Å². The maximum Gasteiger partial charge on any atom is 0.408 e. The highest BCUT2D eigenvalue weighted by Crippen LogP contribution is 2.46. The van der Waals surface area contributed by atoms with Crippen LogP contribution in [0.3, 0.4) is 0 Å². The third kappa shape index (κ3) is 7.69. The van der Waals surface area contributed by atoms with Crippen LogP contribution in [0.25, 0.3) is 0 Å². The first kappa shape index (κ1) is 32.9. The van der Waals surface area contributed by atoms with Crippen LogP contribution in [0.1, 0.15) is 76.2 Å². The lowest BCUT2D eigenvalue weighted by Crippen LogP contribution is -2.56. The summed E-state index contributed by atoms with van der Waals surface area (Å²) < 4.78 is 42.5. The number of hydrogen-bond acceptors (Lipinski definition) is 9. The molecule has 12 nitrogen and oxygen atoms in total. The van der Waals surface area contributed by atoms with Gasteiger partial charge in [-0.05, 0) is 70.4 Å². The second-order valence-corrected chi connectivity index (χ2v) is 14.1. The molecule has 3 fully saturated rings. The SMILES string of the molecule is COC(=O)[C@@]12C[C@H]1/C=C\CCCCC[C@H](NC(=O)OC1CCCC1)C(=O)N1C[C@@H](OS(=O)(=O)c3ccc(C)cc3)C[C@H]1C(=O)N2. The van der Waals surface area contributed by atoms with Crippen molar-refractivity contribution < 1.29 is 41.3 Å². The van der Waals surface area contributed by atoms with Crippen molar-refractivity contribution in [2.24, 2.45) is 5.92 Å². The van der Waals surface area contributed by atoms with E-state index in [4.69, 9.17) is 13.7 Å². The van der Waals surface area contributed by atoms with Gasteiger partial charge < -0.3 is 25.0 Å². The second kappa shape index (κ2) is 13.9. The molecule has 13 heteroatoms. The summed E-state index contributed by atoms with van der Waals surface area (Å²) in [7, 11) is -2.96. The quantitative estimate of drug-likeness (QED) is 0.269. The number of allylic oxidation sites excluding steroid dienone is 1. The molecule has 2 N–H and O–H groups in total. The Kier molecular flexibility index (Phi) is 10.2. The number of aryl methyl sites for hydroxylation is 1. The first-order chi connectivity index (χ1) is 21.5. The van der Waals surface area contributed by atoms with Crippen LogP contribution < -0.4 is 10.6 Å². The molecule has 1 aromatic rings. The molecule has 0 unspecified atom stereocenters. The van der Waals surface area contributed by atoms with Crippen LogP contribution in [0.5, 0.6) is 0 Å². The molecule has 2 saturated carbocycles. The van der Waals surface area contributed by atoms with Crippen LogP contribution in [0, 0.1) is 12.8 Å². The number of hydrogen-bond donors (Lipinski definition) is 2. The smallest absolute Gasteiger partial charge is 0.408 e. The highest BCUT2D eigenvalue weighted by molar-refractivity contribution is 7.86. The molecule has 1 saturated heterocycles. The van der Waals surface area contributed by atoms with E-state index in [1.54, 1.807) is 12.1 Å². The third-order valence-electron chi connectivity index (χ3n) is 9.23. The van der Waals surface area contributed by atoms with Crippen LogP contribution in [0.4, 0.5) is 4.79 Å². The number of methoxy groups -OCH3 is 1. The molecule has 0 spiro atoms. The van der Waals surface area contributed by atoms with Gasteiger partial charge in [0.05, 0.1) is 18.1 Å². The number of nitrogens with zero attached hydrogens (tertiary/aromatic N) is 1. The fourth-order valence-electron chi connectivity index (χ4n) is 6.57. The normalized spacial score (nSPS) is 30.2. The Morgan fingerprint density at radius 1 is 1.00 bits per heavy atom. The van der Waals surface area contributed by atoms with Crippen molar-refractivity contribution in [1.29, 1.82) is 0 Å². The van der Waals surface area contributed by atoms with Crippen molar-refractivity contribution in [2.75, 3.05) is 13.7 Å².